The Balaban J connectivity index is 1.97. The van der Waals surface area contributed by atoms with Gasteiger partial charge in [0.1, 0.15) is 4.34 Å². The summed E-state index contributed by atoms with van der Waals surface area (Å²) in [7, 11) is -3.35. The zero-order chi connectivity index (χ0) is 19.0. The van der Waals surface area contributed by atoms with Gasteiger partial charge in [0.25, 0.3) is 0 Å². The Kier molecular flexibility index (Phi) is 8.40. The molecule has 144 valence electrons. The molecule has 0 saturated carbocycles. The van der Waals surface area contributed by atoms with Crippen LogP contribution >= 0.6 is 23.1 Å². The summed E-state index contributed by atoms with van der Waals surface area (Å²) in [6.07, 6.45) is 5.96. The number of thiazole rings is 1. The first-order valence-electron chi connectivity index (χ1n) is 8.70. The highest BCUT2D eigenvalue weighted by molar-refractivity contribution is 8.01. The molecule has 0 radical (unpaired) electrons. The van der Waals surface area contributed by atoms with Crippen LogP contribution in [0.15, 0.2) is 40.2 Å². The van der Waals surface area contributed by atoms with Gasteiger partial charge in [0.2, 0.25) is 10.0 Å². The number of hydrogen-bond donors (Lipinski definition) is 1. The number of rotatable bonds is 11. The molecule has 0 saturated heterocycles. The predicted octanol–water partition coefficient (Wildman–Crippen LogP) is 4.32. The van der Waals surface area contributed by atoms with Crippen molar-refractivity contribution < 1.29 is 13.5 Å². The first-order valence-corrected chi connectivity index (χ1v) is 12.4. The van der Waals surface area contributed by atoms with Crippen molar-refractivity contribution >= 4 is 38.8 Å². The highest BCUT2D eigenvalue weighted by Gasteiger charge is 2.17. The maximum atomic E-state index is 12.2. The van der Waals surface area contributed by atoms with Crippen LogP contribution in [0, 0.1) is 0 Å². The first-order chi connectivity index (χ1) is 12.4. The van der Waals surface area contributed by atoms with E-state index < -0.39 is 16.1 Å². The van der Waals surface area contributed by atoms with Gasteiger partial charge in [-0.1, -0.05) is 43.7 Å². The lowest BCUT2D eigenvalue weighted by Gasteiger charge is -2.23. The molecule has 1 atom stereocenters. The number of aromatic nitrogens is 1. The summed E-state index contributed by atoms with van der Waals surface area (Å²) in [4.78, 5) is 4.21. The molecule has 0 spiro atoms. The fourth-order valence-corrected chi connectivity index (χ4v) is 5.16. The number of aliphatic hydroxyl groups is 1. The molecule has 1 aromatic heterocycles. The SMILES string of the molecule is CCCCC(O)c1ccc(N(CCCSc2nccs2)S(C)(=O)=O)cc1. The number of sulfonamides is 1. The Morgan fingerprint density at radius 1 is 1.27 bits per heavy atom. The second-order valence-corrected chi connectivity index (χ2v) is 10.2. The highest BCUT2D eigenvalue weighted by Crippen LogP contribution is 2.25. The van der Waals surface area contributed by atoms with E-state index in [-0.39, 0.29) is 0 Å². The third-order valence-corrected chi connectivity index (χ3v) is 7.18. The minimum Gasteiger partial charge on any atom is -0.388 e. The molecule has 0 aliphatic heterocycles. The summed E-state index contributed by atoms with van der Waals surface area (Å²) in [6.45, 7) is 2.52. The molecule has 0 fully saturated rings. The summed E-state index contributed by atoms with van der Waals surface area (Å²) in [5.41, 5.74) is 1.47. The van der Waals surface area contributed by atoms with E-state index in [9.17, 15) is 13.5 Å². The van der Waals surface area contributed by atoms with E-state index in [2.05, 4.69) is 11.9 Å². The van der Waals surface area contributed by atoms with Gasteiger partial charge >= 0.3 is 0 Å². The second-order valence-electron chi connectivity index (χ2n) is 6.08. The van der Waals surface area contributed by atoms with Crippen LogP contribution in [0.4, 0.5) is 5.69 Å². The van der Waals surface area contributed by atoms with Crippen LogP contribution in [-0.2, 0) is 10.0 Å². The van der Waals surface area contributed by atoms with Crippen molar-refractivity contribution in [3.8, 4) is 0 Å². The molecule has 8 heteroatoms. The lowest BCUT2D eigenvalue weighted by Crippen LogP contribution is -2.31. The molecule has 1 N–H and O–H groups in total. The van der Waals surface area contributed by atoms with Crippen LogP contribution in [0.1, 0.15) is 44.3 Å². The number of unbranched alkanes of at least 4 members (excludes halogenated alkanes) is 1. The van der Waals surface area contributed by atoms with E-state index in [0.29, 0.717) is 12.2 Å². The molecule has 0 aliphatic rings. The van der Waals surface area contributed by atoms with Gasteiger partial charge in [-0.05, 0) is 30.5 Å². The van der Waals surface area contributed by atoms with Gasteiger partial charge in [-0.15, -0.1) is 11.3 Å². The molecule has 0 aliphatic carbocycles. The van der Waals surface area contributed by atoms with E-state index in [1.807, 2.05) is 17.5 Å². The number of anilines is 1. The molecule has 0 amide bonds. The third kappa shape index (κ3) is 6.57. The smallest absolute Gasteiger partial charge is 0.232 e. The van der Waals surface area contributed by atoms with Crippen molar-refractivity contribution in [2.45, 2.75) is 43.1 Å². The summed E-state index contributed by atoms with van der Waals surface area (Å²) in [5, 5.41) is 12.1. The summed E-state index contributed by atoms with van der Waals surface area (Å²) >= 11 is 3.23. The lowest BCUT2D eigenvalue weighted by molar-refractivity contribution is 0.164. The largest absolute Gasteiger partial charge is 0.388 e. The molecule has 1 aromatic carbocycles. The zero-order valence-corrected chi connectivity index (χ0v) is 17.6. The van der Waals surface area contributed by atoms with E-state index >= 15 is 0 Å². The average Bonchev–Trinajstić information content (AvgIpc) is 3.12. The average molecular weight is 415 g/mol. The Labute approximate surface area is 164 Å². The molecule has 0 bridgehead atoms. The van der Waals surface area contributed by atoms with Crippen LogP contribution in [0.2, 0.25) is 0 Å². The van der Waals surface area contributed by atoms with Crippen LogP contribution in [0.25, 0.3) is 0 Å². The predicted molar refractivity (Wildman–Crippen MR) is 111 cm³/mol. The Morgan fingerprint density at radius 2 is 2.00 bits per heavy atom. The Morgan fingerprint density at radius 3 is 2.58 bits per heavy atom. The van der Waals surface area contributed by atoms with Crippen LogP contribution in [0.5, 0.6) is 0 Å². The van der Waals surface area contributed by atoms with Gasteiger partial charge in [-0.25, -0.2) is 13.4 Å². The number of hydrogen-bond acceptors (Lipinski definition) is 6. The number of nitrogens with zero attached hydrogens (tertiary/aromatic N) is 2. The third-order valence-electron chi connectivity index (χ3n) is 3.94. The molecule has 2 rings (SSSR count). The van der Waals surface area contributed by atoms with Gasteiger partial charge in [0.15, 0.2) is 0 Å². The zero-order valence-electron chi connectivity index (χ0n) is 15.2. The molecule has 5 nitrogen and oxygen atoms in total. The summed E-state index contributed by atoms with van der Waals surface area (Å²) in [6, 6.07) is 7.19. The number of benzene rings is 1. The van der Waals surface area contributed by atoms with Crippen molar-refractivity contribution in [2.24, 2.45) is 0 Å². The minimum absolute atomic E-state index is 0.426. The van der Waals surface area contributed by atoms with E-state index in [4.69, 9.17) is 0 Å². The number of thioether (sulfide) groups is 1. The summed E-state index contributed by atoms with van der Waals surface area (Å²) in [5.74, 6) is 0.813. The van der Waals surface area contributed by atoms with Gasteiger partial charge in [0, 0.05) is 23.9 Å². The fourth-order valence-electron chi connectivity index (χ4n) is 2.56. The topological polar surface area (TPSA) is 70.5 Å². The normalized spacial score (nSPS) is 12.9. The van der Waals surface area contributed by atoms with Crippen molar-refractivity contribution in [2.75, 3.05) is 22.9 Å². The molecule has 2 aromatic rings. The fraction of sp³-hybridized carbons (Fsp3) is 0.500. The first kappa shape index (κ1) is 21.2. The minimum atomic E-state index is -3.35. The lowest BCUT2D eigenvalue weighted by atomic mass is 10.0. The molecule has 1 unspecified atom stereocenters. The van der Waals surface area contributed by atoms with E-state index in [1.54, 1.807) is 41.4 Å². The molecule has 26 heavy (non-hydrogen) atoms. The maximum absolute atomic E-state index is 12.2. The Hall–Kier alpha value is -1.09. The van der Waals surface area contributed by atoms with Gasteiger partial charge in [0.05, 0.1) is 18.0 Å². The molecular formula is C18H26N2O3S3. The van der Waals surface area contributed by atoms with Crippen molar-refractivity contribution in [3.05, 3.63) is 41.4 Å². The van der Waals surface area contributed by atoms with Crippen molar-refractivity contribution in [1.82, 2.24) is 4.98 Å². The van der Waals surface area contributed by atoms with E-state index in [1.165, 1.54) is 10.6 Å². The van der Waals surface area contributed by atoms with Gasteiger partial charge < -0.3 is 5.11 Å². The quantitative estimate of drug-likeness (QED) is 0.438. The summed E-state index contributed by atoms with van der Waals surface area (Å²) < 4.78 is 26.8. The van der Waals surface area contributed by atoms with Crippen LogP contribution in [-0.4, -0.2) is 37.1 Å². The van der Waals surface area contributed by atoms with Crippen LogP contribution < -0.4 is 4.31 Å². The second kappa shape index (κ2) is 10.3. The van der Waals surface area contributed by atoms with Crippen LogP contribution in [0.3, 0.4) is 0 Å². The van der Waals surface area contributed by atoms with Crippen molar-refractivity contribution in [1.29, 1.82) is 0 Å². The monoisotopic (exact) mass is 414 g/mol. The molecule has 1 heterocycles. The Bertz CT molecular complexity index is 746. The van der Waals surface area contributed by atoms with Crippen molar-refractivity contribution in [3.63, 3.8) is 0 Å². The maximum Gasteiger partial charge on any atom is 0.232 e. The van der Waals surface area contributed by atoms with Gasteiger partial charge in [-0.2, -0.15) is 0 Å². The standard InChI is InChI=1S/C18H26N2O3S3/c1-3-4-6-17(21)15-7-9-16(10-8-15)20(26(2,22)23)12-5-13-24-18-19-11-14-25-18/h7-11,14,17,21H,3-6,12-13H2,1-2H3. The molecular weight excluding hydrogens is 388 g/mol. The van der Waals surface area contributed by atoms with E-state index in [0.717, 1.165) is 41.3 Å². The van der Waals surface area contributed by atoms with Gasteiger partial charge in [-0.3, -0.25) is 4.31 Å². The highest BCUT2D eigenvalue weighted by atomic mass is 32.2. The number of aliphatic hydroxyl groups excluding tert-OH is 1.